The monoisotopic (exact) mass is 476 g/mol. The van der Waals surface area contributed by atoms with Crippen molar-refractivity contribution in [3.63, 3.8) is 0 Å². The van der Waals surface area contributed by atoms with E-state index in [0.717, 1.165) is 11.1 Å². The number of carbonyl (C=O) groups is 1. The highest BCUT2D eigenvalue weighted by molar-refractivity contribution is 5.87. The van der Waals surface area contributed by atoms with E-state index >= 15 is 0 Å². The lowest BCUT2D eigenvalue weighted by molar-refractivity contribution is -0.116. The first kappa shape index (κ1) is 24.1. The summed E-state index contributed by atoms with van der Waals surface area (Å²) in [6.07, 6.45) is 13.3. The van der Waals surface area contributed by atoms with Crippen LogP contribution < -0.4 is 14.8 Å². The Hall–Kier alpha value is -5.02. The molecule has 4 rings (SSSR count). The van der Waals surface area contributed by atoms with Gasteiger partial charge in [-0.25, -0.2) is 0 Å². The molecule has 6 nitrogen and oxygen atoms in total. The van der Waals surface area contributed by atoms with Crippen LogP contribution in [0.2, 0.25) is 0 Å². The second-order valence-corrected chi connectivity index (χ2v) is 7.62. The Balaban J connectivity index is 1.53. The quantitative estimate of drug-likeness (QED) is 0.128. The molecule has 0 spiro atoms. The number of rotatable bonds is 9. The van der Waals surface area contributed by atoms with Crippen molar-refractivity contribution in [2.45, 2.75) is 13.5 Å². The van der Waals surface area contributed by atoms with E-state index in [1.54, 1.807) is 24.4 Å². The fourth-order valence-corrected chi connectivity index (χ4v) is 3.39. The molecule has 0 bridgehead atoms. The molecule has 0 aliphatic carbocycles. The summed E-state index contributed by atoms with van der Waals surface area (Å²) in [5, 5.41) is 2.77. The number of benzene rings is 2. The normalized spacial score (nSPS) is 11.3. The minimum absolute atomic E-state index is 0.224. The number of carbonyl (C=O) groups excluding carboxylic acids is 1. The van der Waals surface area contributed by atoms with Gasteiger partial charge in [0.05, 0.1) is 0 Å². The number of pyridine rings is 1. The zero-order valence-electron chi connectivity index (χ0n) is 19.7. The second-order valence-electron chi connectivity index (χ2n) is 7.62. The highest BCUT2D eigenvalue weighted by atomic mass is 16.5. The van der Waals surface area contributed by atoms with Gasteiger partial charge in [0, 0.05) is 30.4 Å². The number of amides is 1. The third-order valence-electron chi connectivity index (χ3n) is 5.16. The third-order valence-corrected chi connectivity index (χ3v) is 5.16. The van der Waals surface area contributed by atoms with E-state index in [2.05, 4.69) is 22.8 Å². The van der Waals surface area contributed by atoms with Gasteiger partial charge in [-0.2, -0.15) is 0 Å². The first-order valence-electron chi connectivity index (χ1n) is 11.2. The summed E-state index contributed by atoms with van der Waals surface area (Å²) in [6.45, 7) is 5.73. The van der Waals surface area contributed by atoms with Gasteiger partial charge in [0.25, 0.3) is 0 Å². The largest absolute Gasteiger partial charge is 0.458 e. The van der Waals surface area contributed by atoms with Crippen molar-refractivity contribution in [1.29, 1.82) is 0 Å². The number of ether oxygens (including phenoxy) is 2. The van der Waals surface area contributed by atoms with Gasteiger partial charge in [-0.05, 0) is 67.1 Å². The molecule has 0 atom stereocenters. The van der Waals surface area contributed by atoms with Gasteiger partial charge < -0.3 is 19.2 Å². The molecule has 0 saturated heterocycles. The molecule has 0 aliphatic rings. The molecule has 36 heavy (non-hydrogen) atoms. The van der Waals surface area contributed by atoms with E-state index in [1.165, 1.54) is 6.08 Å². The SMILES string of the molecule is C#C/C=C\C(=C/C)Oc1ccc(Oc2ccnc3cc(-c4cccc(CNC(=O)C=C)c4)oc23)cc1. The van der Waals surface area contributed by atoms with Crippen LogP contribution in [0.25, 0.3) is 22.4 Å². The Labute approximate surface area is 209 Å². The summed E-state index contributed by atoms with van der Waals surface area (Å²) in [4.78, 5) is 15.9. The number of fused-ring (bicyclic) bond motifs is 1. The molecule has 0 unspecified atom stereocenters. The van der Waals surface area contributed by atoms with Crippen molar-refractivity contribution >= 4 is 17.0 Å². The van der Waals surface area contributed by atoms with Crippen molar-refractivity contribution in [2.75, 3.05) is 0 Å². The minimum Gasteiger partial charge on any atom is -0.458 e. The molecule has 1 N–H and O–H groups in total. The number of furan rings is 1. The van der Waals surface area contributed by atoms with E-state index in [9.17, 15) is 4.79 Å². The molecule has 0 saturated carbocycles. The number of aromatic nitrogens is 1. The molecule has 0 fully saturated rings. The Morgan fingerprint density at radius 3 is 2.72 bits per heavy atom. The van der Waals surface area contributed by atoms with Gasteiger partial charge in [-0.15, -0.1) is 6.42 Å². The second kappa shape index (κ2) is 11.4. The summed E-state index contributed by atoms with van der Waals surface area (Å²) in [6, 6.07) is 18.6. The summed E-state index contributed by atoms with van der Waals surface area (Å²) in [5.74, 6) is 5.33. The average molecular weight is 477 g/mol. The molecule has 2 heterocycles. The Bertz CT molecular complexity index is 1490. The van der Waals surface area contributed by atoms with Crippen LogP contribution in [0, 0.1) is 12.3 Å². The molecule has 2 aromatic heterocycles. The van der Waals surface area contributed by atoms with Gasteiger partial charge >= 0.3 is 0 Å². The smallest absolute Gasteiger partial charge is 0.243 e. The van der Waals surface area contributed by atoms with Crippen LogP contribution in [0.3, 0.4) is 0 Å². The fraction of sp³-hybridized carbons (Fsp3) is 0.0667. The van der Waals surface area contributed by atoms with Crippen molar-refractivity contribution in [1.82, 2.24) is 10.3 Å². The lowest BCUT2D eigenvalue weighted by atomic mass is 10.1. The third kappa shape index (κ3) is 5.91. The molecule has 0 aliphatic heterocycles. The van der Waals surface area contributed by atoms with Gasteiger partial charge in [0.1, 0.15) is 28.5 Å². The van der Waals surface area contributed by atoms with Crippen LogP contribution in [-0.2, 0) is 11.3 Å². The predicted octanol–water partition coefficient (Wildman–Crippen LogP) is 6.56. The van der Waals surface area contributed by atoms with E-state index in [0.29, 0.717) is 46.4 Å². The highest BCUT2D eigenvalue weighted by Gasteiger charge is 2.13. The number of hydrogen-bond donors (Lipinski definition) is 1. The zero-order chi connectivity index (χ0) is 25.3. The maximum absolute atomic E-state index is 11.5. The van der Waals surface area contributed by atoms with E-state index in [-0.39, 0.29) is 5.91 Å². The average Bonchev–Trinajstić information content (AvgIpc) is 3.36. The number of hydrogen-bond acceptors (Lipinski definition) is 5. The van der Waals surface area contributed by atoms with Crippen LogP contribution in [0.4, 0.5) is 0 Å². The topological polar surface area (TPSA) is 73.6 Å². The van der Waals surface area contributed by atoms with Crippen LogP contribution in [0.1, 0.15) is 12.5 Å². The summed E-state index contributed by atoms with van der Waals surface area (Å²) in [7, 11) is 0. The number of nitrogens with zero attached hydrogens (tertiary/aromatic N) is 1. The van der Waals surface area contributed by atoms with E-state index in [4.69, 9.17) is 20.3 Å². The van der Waals surface area contributed by atoms with Crippen molar-refractivity contribution in [3.8, 4) is 40.9 Å². The van der Waals surface area contributed by atoms with Crippen LogP contribution in [0.5, 0.6) is 17.2 Å². The maximum atomic E-state index is 11.5. The molecule has 178 valence electrons. The molecule has 6 heteroatoms. The lowest BCUT2D eigenvalue weighted by Crippen LogP contribution is -2.19. The first-order valence-corrected chi connectivity index (χ1v) is 11.2. The molecule has 2 aromatic carbocycles. The Morgan fingerprint density at radius 2 is 1.97 bits per heavy atom. The molecular weight excluding hydrogens is 452 g/mol. The van der Waals surface area contributed by atoms with Gasteiger partial charge in [-0.3, -0.25) is 9.78 Å². The summed E-state index contributed by atoms with van der Waals surface area (Å²) < 4.78 is 18.0. The number of allylic oxidation sites excluding steroid dienone is 3. The number of terminal acetylenes is 1. The molecule has 4 aromatic rings. The van der Waals surface area contributed by atoms with Crippen LogP contribution in [0.15, 0.2) is 108 Å². The fourth-order valence-electron chi connectivity index (χ4n) is 3.39. The molecular formula is C30H24N2O4. The number of nitrogens with one attached hydrogen (secondary N) is 1. The van der Waals surface area contributed by atoms with Crippen molar-refractivity contribution in [2.24, 2.45) is 0 Å². The van der Waals surface area contributed by atoms with Gasteiger partial charge in [0.15, 0.2) is 11.3 Å². The van der Waals surface area contributed by atoms with Gasteiger partial charge in [0.2, 0.25) is 5.91 Å². The lowest BCUT2D eigenvalue weighted by Gasteiger charge is -2.09. The zero-order valence-corrected chi connectivity index (χ0v) is 19.7. The Morgan fingerprint density at radius 1 is 1.17 bits per heavy atom. The maximum Gasteiger partial charge on any atom is 0.243 e. The summed E-state index contributed by atoms with van der Waals surface area (Å²) in [5.41, 5.74) is 3.01. The van der Waals surface area contributed by atoms with Crippen LogP contribution >= 0.6 is 0 Å². The molecule has 1 amide bonds. The standard InChI is InChI=1S/C30H24N2O4/c1-4-7-11-23(5-2)34-24-12-14-25(15-13-24)35-27-16-17-31-26-19-28(36-30(26)27)22-10-8-9-21(18-22)20-32-29(33)6-3/h1,5-19H,3,20H2,2H3,(H,32,33)/b11-7-,23-5+. The first-order chi connectivity index (χ1) is 17.6. The Kier molecular flexibility index (Phi) is 7.64. The van der Waals surface area contributed by atoms with Crippen molar-refractivity contribution in [3.05, 3.63) is 109 Å². The van der Waals surface area contributed by atoms with Gasteiger partial charge in [-0.1, -0.05) is 30.7 Å². The van der Waals surface area contributed by atoms with Crippen molar-refractivity contribution < 1.29 is 18.7 Å². The summed E-state index contributed by atoms with van der Waals surface area (Å²) >= 11 is 0. The molecule has 0 radical (unpaired) electrons. The highest BCUT2D eigenvalue weighted by Crippen LogP contribution is 2.35. The van der Waals surface area contributed by atoms with Crippen LogP contribution in [-0.4, -0.2) is 10.9 Å². The predicted molar refractivity (Wildman–Crippen MR) is 140 cm³/mol. The van der Waals surface area contributed by atoms with E-state index in [1.807, 2.05) is 67.6 Å². The van der Waals surface area contributed by atoms with E-state index < -0.39 is 0 Å². The minimum atomic E-state index is -0.224.